The van der Waals surface area contributed by atoms with Crippen LogP contribution >= 0.6 is 0 Å². The number of hydrogen-bond donors (Lipinski definition) is 3. The molecule has 1 saturated heterocycles. The van der Waals surface area contributed by atoms with Gasteiger partial charge in [0.05, 0.1) is 24.6 Å². The largest absolute Gasteiger partial charge is 0.465 e. The molecule has 1 aromatic rings. The number of nitrogens with one attached hydrogen (secondary N) is 2. The van der Waals surface area contributed by atoms with E-state index < -0.39 is 17.9 Å². The highest BCUT2D eigenvalue weighted by Gasteiger charge is 2.52. The molecule has 1 aliphatic carbocycles. The average molecular weight is 428 g/mol. The molecule has 2 unspecified atom stereocenters. The molecular formula is C23H29N3O5. The minimum Gasteiger partial charge on any atom is -0.465 e. The molecule has 1 saturated carbocycles. The van der Waals surface area contributed by atoms with E-state index in [1.807, 2.05) is 25.1 Å². The number of carbonyl (C=O) groups is 3. The van der Waals surface area contributed by atoms with Crippen LogP contribution < -0.4 is 10.8 Å². The highest BCUT2D eigenvalue weighted by atomic mass is 16.5. The summed E-state index contributed by atoms with van der Waals surface area (Å²) in [6.45, 7) is 3.69. The number of esters is 1. The van der Waals surface area contributed by atoms with Gasteiger partial charge in [0, 0.05) is 19.6 Å². The number of methoxy groups -OCH3 is 1. The number of carbonyl (C=O) groups excluding carboxylic acids is 3. The van der Waals surface area contributed by atoms with Crippen LogP contribution in [0.3, 0.4) is 0 Å². The Balaban J connectivity index is 1.48. The number of nitrogens with zero attached hydrogens (tertiary/aromatic N) is 1. The number of rotatable bonds is 4. The van der Waals surface area contributed by atoms with Crippen LogP contribution in [0.5, 0.6) is 0 Å². The molecule has 1 spiro atoms. The predicted molar refractivity (Wildman–Crippen MR) is 113 cm³/mol. The minimum absolute atomic E-state index is 0.102. The third-order valence-corrected chi connectivity index (χ3v) is 6.95. The molecule has 3 aliphatic rings. The number of benzene rings is 1. The van der Waals surface area contributed by atoms with E-state index in [2.05, 4.69) is 5.32 Å². The molecule has 2 fully saturated rings. The van der Waals surface area contributed by atoms with Crippen molar-refractivity contribution < 1.29 is 24.3 Å². The van der Waals surface area contributed by atoms with Gasteiger partial charge in [0.15, 0.2) is 0 Å². The number of hydroxylamine groups is 1. The molecule has 2 amide bonds. The smallest absolute Gasteiger partial charge is 0.337 e. The van der Waals surface area contributed by atoms with Crippen molar-refractivity contribution in [3.63, 3.8) is 0 Å². The molecule has 2 atom stereocenters. The Bertz CT molecular complexity index is 937. The third-order valence-electron chi connectivity index (χ3n) is 6.95. The summed E-state index contributed by atoms with van der Waals surface area (Å²) < 4.78 is 4.82. The number of amides is 2. The van der Waals surface area contributed by atoms with Gasteiger partial charge in [0.1, 0.15) is 0 Å². The lowest BCUT2D eigenvalue weighted by Gasteiger charge is -2.38. The number of hydrogen-bond acceptors (Lipinski definition) is 6. The second-order valence-electron chi connectivity index (χ2n) is 8.93. The highest BCUT2D eigenvalue weighted by molar-refractivity contribution is 5.92. The minimum atomic E-state index is -0.627. The standard InChI is InChI=1S/C23H29N3O5/c1-14-3-4-16(22(29)31-2)11-17(14)15-5-9-26(10-6-15)21(28)19-18(20(27)25-30)12-23(7-8-23)13-24-19/h3-5,11,18-19,24,30H,6-10,12-13H2,1-2H3,(H,25,27). The Morgan fingerprint density at radius 3 is 2.68 bits per heavy atom. The van der Waals surface area contributed by atoms with E-state index in [0.717, 1.165) is 36.1 Å². The van der Waals surface area contributed by atoms with Crippen molar-refractivity contribution in [3.8, 4) is 0 Å². The normalized spacial score (nSPS) is 24.4. The molecule has 31 heavy (non-hydrogen) atoms. The average Bonchev–Trinajstić information content (AvgIpc) is 3.56. The van der Waals surface area contributed by atoms with Crippen LogP contribution in [-0.2, 0) is 14.3 Å². The van der Waals surface area contributed by atoms with Gasteiger partial charge in [-0.05, 0) is 66.9 Å². The Hall–Kier alpha value is -2.71. The van der Waals surface area contributed by atoms with Gasteiger partial charge in [-0.1, -0.05) is 12.1 Å². The van der Waals surface area contributed by atoms with Crippen LogP contribution in [0.4, 0.5) is 0 Å². The molecular weight excluding hydrogens is 398 g/mol. The van der Waals surface area contributed by atoms with Crippen molar-refractivity contribution in [1.29, 1.82) is 0 Å². The van der Waals surface area contributed by atoms with Gasteiger partial charge in [0.25, 0.3) is 0 Å². The fraction of sp³-hybridized carbons (Fsp3) is 0.522. The molecule has 3 N–H and O–H groups in total. The summed E-state index contributed by atoms with van der Waals surface area (Å²) in [4.78, 5) is 39.1. The van der Waals surface area contributed by atoms with Crippen molar-refractivity contribution >= 4 is 23.4 Å². The van der Waals surface area contributed by atoms with Crippen molar-refractivity contribution in [2.75, 3.05) is 26.7 Å². The van der Waals surface area contributed by atoms with Gasteiger partial charge >= 0.3 is 5.97 Å². The second-order valence-corrected chi connectivity index (χ2v) is 8.93. The summed E-state index contributed by atoms with van der Waals surface area (Å²) in [5, 5.41) is 12.4. The molecule has 2 heterocycles. The van der Waals surface area contributed by atoms with Crippen LogP contribution in [0.25, 0.3) is 5.57 Å². The number of aryl methyl sites for hydroxylation is 1. The van der Waals surface area contributed by atoms with Gasteiger partial charge in [-0.25, -0.2) is 10.3 Å². The monoisotopic (exact) mass is 427 g/mol. The van der Waals surface area contributed by atoms with Crippen molar-refractivity contribution in [3.05, 3.63) is 41.0 Å². The molecule has 0 radical (unpaired) electrons. The lowest BCUT2D eigenvalue weighted by atomic mass is 9.81. The molecule has 0 bridgehead atoms. The van der Waals surface area contributed by atoms with Crippen molar-refractivity contribution in [1.82, 2.24) is 15.7 Å². The quantitative estimate of drug-likeness (QED) is 0.383. The Kier molecular flexibility index (Phi) is 5.85. The molecule has 8 nitrogen and oxygen atoms in total. The van der Waals surface area contributed by atoms with E-state index in [1.54, 1.807) is 16.4 Å². The topological polar surface area (TPSA) is 108 Å². The zero-order chi connectivity index (χ0) is 22.2. The third kappa shape index (κ3) is 4.22. The summed E-state index contributed by atoms with van der Waals surface area (Å²) >= 11 is 0. The summed E-state index contributed by atoms with van der Waals surface area (Å²) in [5.74, 6) is -1.56. The first-order chi connectivity index (χ1) is 14.9. The highest BCUT2D eigenvalue weighted by Crippen LogP contribution is 2.52. The first-order valence-corrected chi connectivity index (χ1v) is 10.7. The summed E-state index contributed by atoms with van der Waals surface area (Å²) in [6.07, 6.45) is 5.39. The first kappa shape index (κ1) is 21.5. The number of piperidine rings is 1. The maximum atomic E-state index is 13.2. The summed E-state index contributed by atoms with van der Waals surface area (Å²) in [6, 6.07) is 4.86. The van der Waals surface area contributed by atoms with Crippen LogP contribution in [0.2, 0.25) is 0 Å². The molecule has 1 aromatic carbocycles. The Morgan fingerprint density at radius 1 is 1.29 bits per heavy atom. The maximum absolute atomic E-state index is 13.2. The van der Waals surface area contributed by atoms with Crippen LogP contribution in [0.15, 0.2) is 24.3 Å². The molecule has 8 heteroatoms. The van der Waals surface area contributed by atoms with Crippen LogP contribution in [-0.4, -0.2) is 60.7 Å². The van der Waals surface area contributed by atoms with Crippen molar-refractivity contribution in [2.45, 2.75) is 38.6 Å². The van der Waals surface area contributed by atoms with Crippen LogP contribution in [0.1, 0.15) is 47.2 Å². The fourth-order valence-electron chi connectivity index (χ4n) is 4.79. The van der Waals surface area contributed by atoms with Gasteiger partial charge in [0.2, 0.25) is 11.8 Å². The Morgan fingerprint density at radius 2 is 2.06 bits per heavy atom. The molecule has 2 aliphatic heterocycles. The second kappa shape index (κ2) is 8.43. The fourth-order valence-corrected chi connectivity index (χ4v) is 4.79. The van der Waals surface area contributed by atoms with Gasteiger partial charge < -0.3 is 15.0 Å². The summed E-state index contributed by atoms with van der Waals surface area (Å²) in [5.41, 5.74) is 5.48. The van der Waals surface area contributed by atoms with E-state index in [9.17, 15) is 14.4 Å². The van der Waals surface area contributed by atoms with Gasteiger partial charge in [-0.3, -0.25) is 14.8 Å². The van der Waals surface area contributed by atoms with Gasteiger partial charge in [-0.2, -0.15) is 0 Å². The Labute approximate surface area is 181 Å². The lowest BCUT2D eigenvalue weighted by molar-refractivity contribution is -0.144. The zero-order valence-corrected chi connectivity index (χ0v) is 17.9. The van der Waals surface area contributed by atoms with Crippen molar-refractivity contribution in [2.24, 2.45) is 11.3 Å². The zero-order valence-electron chi connectivity index (χ0n) is 17.9. The molecule has 4 rings (SSSR count). The van der Waals surface area contributed by atoms with E-state index in [0.29, 0.717) is 31.5 Å². The van der Waals surface area contributed by atoms with Gasteiger partial charge in [-0.15, -0.1) is 0 Å². The summed E-state index contributed by atoms with van der Waals surface area (Å²) in [7, 11) is 1.36. The first-order valence-electron chi connectivity index (χ1n) is 10.7. The van der Waals surface area contributed by atoms with E-state index in [-0.39, 0.29) is 17.3 Å². The van der Waals surface area contributed by atoms with E-state index in [1.165, 1.54) is 7.11 Å². The molecule has 166 valence electrons. The SMILES string of the molecule is COC(=O)c1ccc(C)c(C2=CCN(C(=O)C3NCC4(CC4)CC3C(=O)NO)CC2)c1. The predicted octanol–water partition coefficient (Wildman–Crippen LogP) is 1.66. The maximum Gasteiger partial charge on any atom is 0.337 e. The number of ether oxygens (including phenoxy) is 1. The lowest BCUT2D eigenvalue weighted by Crippen LogP contribution is -2.59. The van der Waals surface area contributed by atoms with Crippen LogP contribution in [0, 0.1) is 18.3 Å². The van der Waals surface area contributed by atoms with E-state index in [4.69, 9.17) is 9.94 Å². The van der Waals surface area contributed by atoms with E-state index >= 15 is 0 Å². The molecule has 0 aromatic heterocycles.